The largest absolute Gasteiger partial charge is 0.504 e. The van der Waals surface area contributed by atoms with Crippen molar-refractivity contribution >= 4 is 17.6 Å². The third kappa shape index (κ3) is 4.47. The lowest BCUT2D eigenvalue weighted by Gasteiger charge is -2.06. The lowest BCUT2D eigenvalue weighted by molar-refractivity contribution is 0.207. The molecule has 1 N–H and O–H groups in total. The van der Waals surface area contributed by atoms with Crippen molar-refractivity contribution in [1.82, 2.24) is 4.68 Å². The topological polar surface area (TPSA) is 68.3 Å². The second kappa shape index (κ2) is 9.29. The summed E-state index contributed by atoms with van der Waals surface area (Å²) in [5, 5.41) is 16.1. The Bertz CT molecular complexity index is 1040. The molecule has 0 aliphatic carbocycles. The van der Waals surface area contributed by atoms with Gasteiger partial charge in [-0.2, -0.15) is 5.10 Å². The third-order valence-corrected chi connectivity index (χ3v) is 4.76. The first-order valence-electron chi connectivity index (χ1n) is 8.50. The van der Waals surface area contributed by atoms with Crippen LogP contribution in [0, 0.1) is 5.82 Å². The van der Waals surface area contributed by atoms with E-state index in [0.29, 0.717) is 35.0 Å². The predicted octanol–water partition coefficient (Wildman–Crippen LogP) is 3.50. The first kappa shape index (κ1) is 19.8. The molecular weight excluding hydrogens is 381 g/mol. The maximum absolute atomic E-state index is 14.3. The standard InChI is InChI=1S/C20H20FN3O3S/c1-26-10-9-22-20-24(17(13-28-20)15-5-3-4-6-16(15)21)23-12-14-7-8-18(25)19(11-14)27-2/h3-8,11-13,25H,9-10H2,1-2H3/b22-20?,23-12+. The van der Waals surface area contributed by atoms with Gasteiger partial charge in [0.2, 0.25) is 4.80 Å². The summed E-state index contributed by atoms with van der Waals surface area (Å²) in [5.74, 6) is 0.0581. The molecule has 3 rings (SSSR count). The van der Waals surface area contributed by atoms with E-state index in [1.165, 1.54) is 30.6 Å². The van der Waals surface area contributed by atoms with Crippen LogP contribution in [0.3, 0.4) is 0 Å². The summed E-state index contributed by atoms with van der Waals surface area (Å²) in [5.41, 5.74) is 1.75. The van der Waals surface area contributed by atoms with Gasteiger partial charge in [0, 0.05) is 18.1 Å². The molecule has 0 amide bonds. The van der Waals surface area contributed by atoms with Crippen LogP contribution in [0.5, 0.6) is 11.5 Å². The maximum atomic E-state index is 14.3. The van der Waals surface area contributed by atoms with E-state index in [2.05, 4.69) is 10.1 Å². The van der Waals surface area contributed by atoms with Crippen LogP contribution in [0.15, 0.2) is 57.9 Å². The minimum atomic E-state index is -0.334. The smallest absolute Gasteiger partial charge is 0.206 e. The van der Waals surface area contributed by atoms with Crippen molar-refractivity contribution < 1.29 is 19.0 Å². The van der Waals surface area contributed by atoms with Gasteiger partial charge in [0.1, 0.15) is 5.82 Å². The van der Waals surface area contributed by atoms with E-state index in [1.807, 2.05) is 5.38 Å². The Morgan fingerprint density at radius 1 is 1.21 bits per heavy atom. The van der Waals surface area contributed by atoms with E-state index in [0.717, 1.165) is 5.56 Å². The lowest BCUT2D eigenvalue weighted by Crippen LogP contribution is -2.14. The molecule has 3 aromatic rings. The molecule has 6 nitrogen and oxygen atoms in total. The number of thiazole rings is 1. The van der Waals surface area contributed by atoms with Gasteiger partial charge in [-0.15, -0.1) is 11.3 Å². The zero-order valence-corrected chi connectivity index (χ0v) is 16.3. The number of phenolic OH excluding ortho intramolecular Hbond substituents is 1. The fourth-order valence-electron chi connectivity index (χ4n) is 2.51. The molecule has 0 unspecified atom stereocenters. The first-order valence-corrected chi connectivity index (χ1v) is 9.38. The van der Waals surface area contributed by atoms with Gasteiger partial charge in [0.25, 0.3) is 0 Å². The monoisotopic (exact) mass is 401 g/mol. The summed E-state index contributed by atoms with van der Waals surface area (Å²) in [6.45, 7) is 0.947. The molecule has 0 spiro atoms. The highest BCUT2D eigenvalue weighted by Crippen LogP contribution is 2.26. The van der Waals surface area contributed by atoms with Gasteiger partial charge in [-0.25, -0.2) is 9.07 Å². The van der Waals surface area contributed by atoms with Gasteiger partial charge in [-0.1, -0.05) is 12.1 Å². The van der Waals surface area contributed by atoms with E-state index in [-0.39, 0.29) is 11.6 Å². The molecular formula is C20H20FN3O3S. The van der Waals surface area contributed by atoms with Crippen LogP contribution < -0.4 is 9.54 Å². The quantitative estimate of drug-likeness (QED) is 0.487. The number of nitrogens with zero attached hydrogens (tertiary/aromatic N) is 3. The summed E-state index contributed by atoms with van der Waals surface area (Å²) in [6, 6.07) is 11.4. The van der Waals surface area contributed by atoms with Crippen molar-refractivity contribution in [2.24, 2.45) is 10.1 Å². The van der Waals surface area contributed by atoms with Gasteiger partial charge in [-0.05, 0) is 35.9 Å². The van der Waals surface area contributed by atoms with Gasteiger partial charge in [0.15, 0.2) is 11.5 Å². The predicted molar refractivity (Wildman–Crippen MR) is 108 cm³/mol. The SMILES string of the molecule is COCCN=c1scc(-c2ccccc2F)n1/N=C/c1ccc(O)c(OC)c1. The van der Waals surface area contributed by atoms with Crippen LogP contribution in [0.25, 0.3) is 11.3 Å². The van der Waals surface area contributed by atoms with Crippen molar-refractivity contribution in [3.05, 3.63) is 64.0 Å². The maximum Gasteiger partial charge on any atom is 0.206 e. The van der Waals surface area contributed by atoms with E-state index in [1.54, 1.807) is 48.3 Å². The number of phenols is 1. The van der Waals surface area contributed by atoms with Crippen molar-refractivity contribution in [3.63, 3.8) is 0 Å². The number of aromatic nitrogens is 1. The molecule has 146 valence electrons. The molecule has 0 saturated heterocycles. The molecule has 0 atom stereocenters. The number of rotatable bonds is 7. The fourth-order valence-corrected chi connectivity index (χ4v) is 3.36. The third-order valence-electron chi connectivity index (χ3n) is 3.90. The fraction of sp³-hybridized carbons (Fsp3) is 0.200. The molecule has 0 bridgehead atoms. The molecule has 8 heteroatoms. The highest BCUT2D eigenvalue weighted by molar-refractivity contribution is 7.07. The van der Waals surface area contributed by atoms with Crippen molar-refractivity contribution in [2.45, 2.75) is 0 Å². The number of hydrogen-bond donors (Lipinski definition) is 1. The Labute approximate surface area is 165 Å². The van der Waals surface area contributed by atoms with E-state index in [4.69, 9.17) is 9.47 Å². The summed E-state index contributed by atoms with van der Waals surface area (Å²) >= 11 is 1.37. The number of hydrogen-bond acceptors (Lipinski definition) is 6. The van der Waals surface area contributed by atoms with Crippen LogP contribution >= 0.6 is 11.3 Å². The number of halogens is 1. The molecule has 0 radical (unpaired) electrons. The second-order valence-corrected chi connectivity index (χ2v) is 6.58. The van der Waals surface area contributed by atoms with Crippen LogP contribution in [0.4, 0.5) is 4.39 Å². The Morgan fingerprint density at radius 3 is 2.79 bits per heavy atom. The van der Waals surface area contributed by atoms with Gasteiger partial charge in [-0.3, -0.25) is 4.99 Å². The minimum Gasteiger partial charge on any atom is -0.504 e. The Morgan fingerprint density at radius 2 is 2.04 bits per heavy atom. The average Bonchev–Trinajstić information content (AvgIpc) is 3.10. The zero-order chi connectivity index (χ0) is 19.9. The molecule has 0 fully saturated rings. The number of ether oxygens (including phenoxy) is 2. The first-order chi connectivity index (χ1) is 13.6. The molecule has 28 heavy (non-hydrogen) atoms. The normalized spacial score (nSPS) is 12.0. The van der Waals surface area contributed by atoms with Crippen molar-refractivity contribution in [3.8, 4) is 22.8 Å². The summed E-state index contributed by atoms with van der Waals surface area (Å²) in [4.78, 5) is 5.11. The molecule has 0 aliphatic rings. The van der Waals surface area contributed by atoms with E-state index < -0.39 is 0 Å². The molecule has 2 aromatic carbocycles. The average molecular weight is 401 g/mol. The zero-order valence-electron chi connectivity index (χ0n) is 15.5. The van der Waals surface area contributed by atoms with Crippen molar-refractivity contribution in [2.75, 3.05) is 27.4 Å². The van der Waals surface area contributed by atoms with Crippen LogP contribution in [-0.4, -0.2) is 43.4 Å². The summed E-state index contributed by atoms with van der Waals surface area (Å²) < 4.78 is 26.1. The molecule has 0 aliphatic heterocycles. The number of methoxy groups -OCH3 is 2. The minimum absolute atomic E-state index is 0.0464. The Kier molecular flexibility index (Phi) is 6.57. The van der Waals surface area contributed by atoms with Gasteiger partial charge >= 0.3 is 0 Å². The lowest BCUT2D eigenvalue weighted by atomic mass is 10.1. The van der Waals surface area contributed by atoms with Crippen LogP contribution in [-0.2, 0) is 4.74 Å². The molecule has 0 saturated carbocycles. The van der Waals surface area contributed by atoms with E-state index in [9.17, 15) is 9.50 Å². The summed E-state index contributed by atoms with van der Waals surface area (Å²) in [6.07, 6.45) is 1.61. The molecule has 1 aromatic heterocycles. The van der Waals surface area contributed by atoms with Gasteiger partial charge < -0.3 is 14.6 Å². The summed E-state index contributed by atoms with van der Waals surface area (Å²) in [7, 11) is 3.09. The second-order valence-electron chi connectivity index (χ2n) is 5.75. The Balaban J connectivity index is 2.05. The highest BCUT2D eigenvalue weighted by Gasteiger charge is 2.11. The van der Waals surface area contributed by atoms with E-state index >= 15 is 0 Å². The van der Waals surface area contributed by atoms with Crippen LogP contribution in [0.2, 0.25) is 0 Å². The highest BCUT2D eigenvalue weighted by atomic mass is 32.1. The van der Waals surface area contributed by atoms with Gasteiger partial charge in [0.05, 0.1) is 32.2 Å². The number of benzene rings is 2. The van der Waals surface area contributed by atoms with Crippen LogP contribution in [0.1, 0.15) is 5.56 Å². The molecule has 1 heterocycles. The number of aromatic hydroxyl groups is 1. The Hall–Kier alpha value is -2.97. The van der Waals surface area contributed by atoms with Crippen molar-refractivity contribution in [1.29, 1.82) is 0 Å².